The number of amides is 2. The lowest BCUT2D eigenvalue weighted by Crippen LogP contribution is -2.40. The zero-order chi connectivity index (χ0) is 22.4. The fraction of sp³-hybridized carbons (Fsp3) is 0.308. The summed E-state index contributed by atoms with van der Waals surface area (Å²) in [5, 5.41) is 3.94. The Hall–Kier alpha value is -3.74. The average molecular weight is 444 g/mol. The van der Waals surface area contributed by atoms with Crippen molar-refractivity contribution in [2.24, 2.45) is 0 Å². The molecule has 0 spiro atoms. The lowest BCUT2D eigenvalue weighted by atomic mass is 10.1. The highest BCUT2D eigenvalue weighted by Crippen LogP contribution is 2.38. The van der Waals surface area contributed by atoms with Gasteiger partial charge in [-0.1, -0.05) is 30.3 Å². The van der Waals surface area contributed by atoms with Gasteiger partial charge in [-0.25, -0.2) is 9.78 Å². The molecule has 168 valence electrons. The van der Waals surface area contributed by atoms with Crippen LogP contribution in [-0.4, -0.2) is 48.3 Å². The van der Waals surface area contributed by atoms with Crippen LogP contribution in [0.5, 0.6) is 11.5 Å². The Morgan fingerprint density at radius 3 is 2.76 bits per heavy atom. The fourth-order valence-electron chi connectivity index (χ4n) is 4.34. The molecule has 1 N–H and O–H groups in total. The summed E-state index contributed by atoms with van der Waals surface area (Å²) in [6.45, 7) is 1.23. The van der Waals surface area contributed by atoms with E-state index in [2.05, 4.69) is 5.32 Å². The largest absolute Gasteiger partial charge is 0.497 e. The standard InChI is InChI=1S/C26H25N3O4/c1-31-18-9-10-22-20(13-18)24-25(33-22)23(14-21(28-24)16-5-3-2-4-6-16)32-19-11-12-29(15-19)26(30)27-17-7-8-17/h2-6,9-10,13-14,17,19H,7-8,11-12,15H2,1H3,(H,27,30). The van der Waals surface area contributed by atoms with E-state index in [1.54, 1.807) is 7.11 Å². The first-order valence-corrected chi connectivity index (χ1v) is 11.4. The number of likely N-dealkylation sites (tertiary alicyclic amines) is 1. The summed E-state index contributed by atoms with van der Waals surface area (Å²) in [5.41, 5.74) is 3.88. The number of fused-ring (bicyclic) bond motifs is 3. The highest BCUT2D eigenvalue weighted by molar-refractivity contribution is 6.05. The molecule has 4 aromatic rings. The molecule has 2 aromatic carbocycles. The van der Waals surface area contributed by atoms with Crippen molar-refractivity contribution < 1.29 is 18.7 Å². The number of carbonyl (C=O) groups is 1. The summed E-state index contributed by atoms with van der Waals surface area (Å²) in [4.78, 5) is 19.2. The van der Waals surface area contributed by atoms with Gasteiger partial charge >= 0.3 is 6.03 Å². The van der Waals surface area contributed by atoms with Gasteiger partial charge in [-0.2, -0.15) is 0 Å². The SMILES string of the molecule is COc1ccc2oc3c(OC4CCN(C(=O)NC5CC5)C4)cc(-c4ccccc4)nc3c2c1. The fourth-order valence-corrected chi connectivity index (χ4v) is 4.34. The molecule has 7 nitrogen and oxygen atoms in total. The number of aromatic nitrogens is 1. The lowest BCUT2D eigenvalue weighted by molar-refractivity contribution is 0.187. The van der Waals surface area contributed by atoms with Gasteiger partial charge in [-0.3, -0.25) is 0 Å². The third-order valence-corrected chi connectivity index (χ3v) is 6.29. The number of urea groups is 1. The summed E-state index contributed by atoms with van der Waals surface area (Å²) in [6.07, 6.45) is 2.82. The van der Waals surface area contributed by atoms with E-state index in [1.165, 1.54) is 0 Å². The quantitative estimate of drug-likeness (QED) is 0.471. The van der Waals surface area contributed by atoms with Crippen LogP contribution in [-0.2, 0) is 0 Å². The highest BCUT2D eigenvalue weighted by Gasteiger charge is 2.32. The van der Waals surface area contributed by atoms with Crippen LogP contribution in [0, 0.1) is 0 Å². The van der Waals surface area contributed by atoms with Gasteiger partial charge in [-0.15, -0.1) is 0 Å². The van der Waals surface area contributed by atoms with Gasteiger partial charge in [0.2, 0.25) is 0 Å². The number of rotatable bonds is 5. The number of pyridine rings is 1. The zero-order valence-corrected chi connectivity index (χ0v) is 18.4. The first-order valence-electron chi connectivity index (χ1n) is 11.4. The molecule has 33 heavy (non-hydrogen) atoms. The van der Waals surface area contributed by atoms with Crippen LogP contribution in [0.25, 0.3) is 33.3 Å². The van der Waals surface area contributed by atoms with Crippen molar-refractivity contribution in [3.63, 3.8) is 0 Å². The van der Waals surface area contributed by atoms with Crippen LogP contribution < -0.4 is 14.8 Å². The van der Waals surface area contributed by atoms with Crippen LogP contribution in [0.1, 0.15) is 19.3 Å². The Labute approximate surface area is 191 Å². The van der Waals surface area contributed by atoms with E-state index in [0.29, 0.717) is 30.5 Å². The second-order valence-corrected chi connectivity index (χ2v) is 8.71. The maximum atomic E-state index is 12.4. The number of hydrogen-bond acceptors (Lipinski definition) is 5. The molecule has 1 saturated carbocycles. The Morgan fingerprint density at radius 1 is 1.12 bits per heavy atom. The van der Waals surface area contributed by atoms with Crippen LogP contribution in [0.15, 0.2) is 59.0 Å². The average Bonchev–Trinajstić information content (AvgIpc) is 3.40. The lowest BCUT2D eigenvalue weighted by Gasteiger charge is -2.18. The predicted octanol–water partition coefficient (Wildman–Crippen LogP) is 4.98. The molecule has 0 radical (unpaired) electrons. The summed E-state index contributed by atoms with van der Waals surface area (Å²) in [6, 6.07) is 18.0. The van der Waals surface area contributed by atoms with E-state index in [-0.39, 0.29) is 12.1 Å². The van der Waals surface area contributed by atoms with E-state index in [9.17, 15) is 4.79 Å². The summed E-state index contributed by atoms with van der Waals surface area (Å²) >= 11 is 0. The third-order valence-electron chi connectivity index (χ3n) is 6.29. The van der Waals surface area contributed by atoms with E-state index < -0.39 is 0 Å². The molecule has 7 heteroatoms. The molecule has 0 bridgehead atoms. The van der Waals surface area contributed by atoms with E-state index in [1.807, 2.05) is 59.5 Å². The van der Waals surface area contributed by atoms with E-state index >= 15 is 0 Å². The van der Waals surface area contributed by atoms with Crippen LogP contribution in [0.3, 0.4) is 0 Å². The molecule has 3 heterocycles. The predicted molar refractivity (Wildman–Crippen MR) is 126 cm³/mol. The molecule has 2 aromatic heterocycles. The second kappa shape index (κ2) is 7.99. The van der Waals surface area contributed by atoms with E-state index in [4.69, 9.17) is 18.9 Å². The number of carbonyl (C=O) groups excluding carboxylic acids is 1. The van der Waals surface area contributed by atoms with Gasteiger partial charge in [0.25, 0.3) is 0 Å². The second-order valence-electron chi connectivity index (χ2n) is 8.71. The first kappa shape index (κ1) is 19.9. The Balaban J connectivity index is 1.37. The smallest absolute Gasteiger partial charge is 0.317 e. The van der Waals surface area contributed by atoms with Gasteiger partial charge in [0.05, 0.1) is 24.7 Å². The molecular weight excluding hydrogens is 418 g/mol. The highest BCUT2D eigenvalue weighted by atomic mass is 16.5. The third kappa shape index (κ3) is 3.84. The number of nitrogens with one attached hydrogen (secondary N) is 1. The zero-order valence-electron chi connectivity index (χ0n) is 18.4. The maximum Gasteiger partial charge on any atom is 0.317 e. The number of ether oxygens (including phenoxy) is 2. The van der Waals surface area contributed by atoms with Crippen molar-refractivity contribution in [2.45, 2.75) is 31.4 Å². The molecule has 1 atom stereocenters. The summed E-state index contributed by atoms with van der Waals surface area (Å²) < 4.78 is 18.0. The number of methoxy groups -OCH3 is 1. The van der Waals surface area contributed by atoms with E-state index in [0.717, 1.165) is 52.8 Å². The van der Waals surface area contributed by atoms with Crippen molar-refractivity contribution in [2.75, 3.05) is 20.2 Å². The molecular formula is C26H25N3O4. The van der Waals surface area contributed by atoms with Crippen LogP contribution in [0.2, 0.25) is 0 Å². The van der Waals surface area contributed by atoms with Crippen molar-refractivity contribution in [1.29, 1.82) is 0 Å². The molecule has 6 rings (SSSR count). The van der Waals surface area contributed by atoms with Gasteiger partial charge in [0.1, 0.15) is 23.0 Å². The van der Waals surface area contributed by atoms with Crippen LogP contribution >= 0.6 is 0 Å². The van der Waals surface area contributed by atoms with Crippen molar-refractivity contribution in [3.8, 4) is 22.8 Å². The first-order chi connectivity index (χ1) is 16.2. The molecule has 1 aliphatic carbocycles. The Bertz CT molecular complexity index is 1330. The number of hydrogen-bond donors (Lipinski definition) is 1. The number of nitrogens with zero attached hydrogens (tertiary/aromatic N) is 2. The maximum absolute atomic E-state index is 12.4. The van der Waals surface area contributed by atoms with Gasteiger partial charge in [0, 0.05) is 30.6 Å². The Morgan fingerprint density at radius 2 is 1.97 bits per heavy atom. The molecule has 2 aliphatic rings. The number of benzene rings is 2. The van der Waals surface area contributed by atoms with Gasteiger partial charge < -0.3 is 24.1 Å². The monoisotopic (exact) mass is 443 g/mol. The minimum absolute atomic E-state index is 0.00396. The van der Waals surface area contributed by atoms with Crippen LogP contribution in [0.4, 0.5) is 4.79 Å². The minimum Gasteiger partial charge on any atom is -0.497 e. The normalized spacial score (nSPS) is 18.1. The number of furan rings is 1. The molecule has 1 aliphatic heterocycles. The minimum atomic E-state index is -0.105. The molecule has 1 unspecified atom stereocenters. The summed E-state index contributed by atoms with van der Waals surface area (Å²) in [7, 11) is 1.64. The Kier molecular flexibility index (Phi) is 4.82. The molecule has 1 saturated heterocycles. The van der Waals surface area contributed by atoms with Crippen molar-refractivity contribution in [3.05, 3.63) is 54.6 Å². The van der Waals surface area contributed by atoms with Crippen molar-refractivity contribution >= 4 is 28.1 Å². The van der Waals surface area contributed by atoms with Crippen molar-refractivity contribution in [1.82, 2.24) is 15.2 Å². The summed E-state index contributed by atoms with van der Waals surface area (Å²) in [5.74, 6) is 1.39. The topological polar surface area (TPSA) is 76.8 Å². The van der Waals surface area contributed by atoms with Gasteiger partial charge in [0.15, 0.2) is 11.3 Å². The van der Waals surface area contributed by atoms with Gasteiger partial charge in [-0.05, 0) is 31.0 Å². The molecule has 2 fully saturated rings. The molecule has 2 amide bonds.